The lowest BCUT2D eigenvalue weighted by Crippen LogP contribution is -1.92. The predicted molar refractivity (Wildman–Crippen MR) is 31.2 cm³/mol. The third-order valence-corrected chi connectivity index (χ3v) is 1.15. The molecule has 0 spiro atoms. The van der Waals surface area contributed by atoms with Gasteiger partial charge >= 0.3 is 0 Å². The molecule has 7 heavy (non-hydrogen) atoms. The highest BCUT2D eigenvalue weighted by Crippen LogP contribution is 2.07. The van der Waals surface area contributed by atoms with Crippen LogP contribution in [0.4, 0.5) is 0 Å². The fourth-order valence-corrected chi connectivity index (χ4v) is 0.666. The van der Waals surface area contributed by atoms with Crippen LogP contribution < -0.4 is 0 Å². The van der Waals surface area contributed by atoms with Gasteiger partial charge in [0.15, 0.2) is 0 Å². The van der Waals surface area contributed by atoms with Gasteiger partial charge in [0, 0.05) is 0 Å². The van der Waals surface area contributed by atoms with Crippen molar-refractivity contribution in [1.29, 1.82) is 0 Å². The molecule has 0 saturated heterocycles. The highest BCUT2D eigenvalue weighted by Gasteiger charge is 1.96. The first-order valence-corrected chi connectivity index (χ1v) is 2.71. The largest absolute Gasteiger partial charge is 0.118 e. The maximum Gasteiger partial charge on any atom is 0.0559 e. The molecule has 1 aliphatic rings. The lowest BCUT2D eigenvalue weighted by molar-refractivity contribution is 1.02. The third-order valence-electron chi connectivity index (χ3n) is 0.847. The zero-order valence-corrected chi connectivity index (χ0v) is 4.65. The zero-order chi connectivity index (χ0) is 5.11. The van der Waals surface area contributed by atoms with Gasteiger partial charge in [0.1, 0.15) is 0 Å². The van der Waals surface area contributed by atoms with E-state index in [2.05, 4.69) is 6.08 Å². The van der Waals surface area contributed by atoms with E-state index in [4.69, 9.17) is 11.6 Å². The number of hydrogen-bond donors (Lipinski definition) is 0. The van der Waals surface area contributed by atoms with Crippen molar-refractivity contribution in [2.45, 2.75) is 11.8 Å². The normalized spacial score (nSPS) is 28.4. The minimum absolute atomic E-state index is 0.185. The van der Waals surface area contributed by atoms with Crippen molar-refractivity contribution in [1.82, 2.24) is 0 Å². The maximum atomic E-state index is 5.65. The average molecular weight is 114 g/mol. The Morgan fingerprint density at radius 2 is 2.57 bits per heavy atom. The summed E-state index contributed by atoms with van der Waals surface area (Å²) in [6, 6.07) is 0. The van der Waals surface area contributed by atoms with Crippen LogP contribution in [0.5, 0.6) is 0 Å². The fourth-order valence-electron chi connectivity index (χ4n) is 0.493. The van der Waals surface area contributed by atoms with Crippen LogP contribution in [0, 0.1) is 6.08 Å². The summed E-state index contributed by atoms with van der Waals surface area (Å²) in [5.74, 6) is 0. The third kappa shape index (κ3) is 1.36. The number of allylic oxidation sites excluding steroid dienone is 4. The second kappa shape index (κ2) is 2.17. The fraction of sp³-hybridized carbons (Fsp3) is 0.333. The molecule has 0 saturated carbocycles. The van der Waals surface area contributed by atoms with Crippen LogP contribution in [0.3, 0.4) is 0 Å². The van der Waals surface area contributed by atoms with E-state index < -0.39 is 0 Å². The van der Waals surface area contributed by atoms with Crippen molar-refractivity contribution in [3.63, 3.8) is 0 Å². The molecule has 1 atom stereocenters. The van der Waals surface area contributed by atoms with E-state index in [9.17, 15) is 0 Å². The van der Waals surface area contributed by atoms with Crippen LogP contribution in [0.2, 0.25) is 0 Å². The number of rotatable bonds is 0. The molecule has 0 N–H and O–H groups in total. The van der Waals surface area contributed by atoms with E-state index >= 15 is 0 Å². The lowest BCUT2D eigenvalue weighted by Gasteiger charge is -1.99. The van der Waals surface area contributed by atoms with E-state index in [0.29, 0.717) is 0 Å². The molecule has 0 aromatic rings. The monoisotopic (exact) mass is 113 g/mol. The van der Waals surface area contributed by atoms with E-state index in [1.165, 1.54) is 0 Å². The van der Waals surface area contributed by atoms with Gasteiger partial charge < -0.3 is 0 Å². The molecule has 1 rings (SSSR count). The first-order valence-electron chi connectivity index (χ1n) is 2.27. The molecule has 0 aliphatic heterocycles. The van der Waals surface area contributed by atoms with Crippen LogP contribution in [0.15, 0.2) is 18.2 Å². The van der Waals surface area contributed by atoms with E-state index in [-0.39, 0.29) is 5.38 Å². The summed E-state index contributed by atoms with van der Waals surface area (Å²) >= 11 is 5.65. The molecule has 0 nitrogen and oxygen atoms in total. The molecule has 0 aromatic heterocycles. The second-order valence-electron chi connectivity index (χ2n) is 1.48. The standard InChI is InChI=1S/C6H6Cl/c7-6-4-2-1-3-5-6/h1-2,4,6H,5H2. The zero-order valence-electron chi connectivity index (χ0n) is 3.89. The Hall–Kier alpha value is -0.230. The van der Waals surface area contributed by atoms with E-state index in [0.717, 1.165) is 6.42 Å². The van der Waals surface area contributed by atoms with Crippen LogP contribution >= 0.6 is 11.6 Å². The molecule has 1 unspecified atom stereocenters. The van der Waals surface area contributed by atoms with Crippen molar-refractivity contribution in [2.24, 2.45) is 0 Å². The van der Waals surface area contributed by atoms with Crippen molar-refractivity contribution in [3.05, 3.63) is 24.3 Å². The summed E-state index contributed by atoms with van der Waals surface area (Å²) in [6.07, 6.45) is 9.61. The summed E-state index contributed by atoms with van der Waals surface area (Å²) in [4.78, 5) is 0. The maximum absolute atomic E-state index is 5.65. The average Bonchev–Trinajstić information content (AvgIpc) is 1.69. The Morgan fingerprint density at radius 3 is 2.86 bits per heavy atom. The van der Waals surface area contributed by atoms with E-state index in [1.807, 2.05) is 18.2 Å². The van der Waals surface area contributed by atoms with Crippen LogP contribution in [-0.2, 0) is 0 Å². The van der Waals surface area contributed by atoms with Gasteiger partial charge in [0.05, 0.1) is 5.38 Å². The van der Waals surface area contributed by atoms with Crippen molar-refractivity contribution < 1.29 is 0 Å². The predicted octanol–water partition coefficient (Wildman–Crippen LogP) is 1.91. The molecule has 0 fully saturated rings. The Labute approximate surface area is 48.5 Å². The molecule has 0 amide bonds. The Kier molecular flexibility index (Phi) is 1.53. The number of halogens is 1. The van der Waals surface area contributed by atoms with Crippen molar-refractivity contribution in [2.75, 3.05) is 0 Å². The molecule has 1 aliphatic carbocycles. The smallest absolute Gasteiger partial charge is 0.0559 e. The topological polar surface area (TPSA) is 0 Å². The van der Waals surface area contributed by atoms with Gasteiger partial charge in [-0.15, -0.1) is 11.6 Å². The van der Waals surface area contributed by atoms with Gasteiger partial charge in [-0.05, 0) is 12.5 Å². The summed E-state index contributed by atoms with van der Waals surface area (Å²) in [7, 11) is 0. The summed E-state index contributed by atoms with van der Waals surface area (Å²) in [5.41, 5.74) is 0. The Morgan fingerprint density at radius 1 is 1.71 bits per heavy atom. The van der Waals surface area contributed by atoms with E-state index in [1.54, 1.807) is 0 Å². The first-order chi connectivity index (χ1) is 3.39. The quantitative estimate of drug-likeness (QED) is 0.421. The van der Waals surface area contributed by atoms with Crippen molar-refractivity contribution in [3.8, 4) is 0 Å². The first kappa shape index (κ1) is 4.92. The molecule has 37 valence electrons. The molecular weight excluding hydrogens is 108 g/mol. The van der Waals surface area contributed by atoms with Crippen molar-refractivity contribution >= 4 is 11.6 Å². The van der Waals surface area contributed by atoms with Gasteiger partial charge in [-0.3, -0.25) is 0 Å². The molecular formula is C6H6Cl. The molecule has 0 aromatic carbocycles. The summed E-state index contributed by atoms with van der Waals surface area (Å²) < 4.78 is 0. The number of hydrogen-bond acceptors (Lipinski definition) is 0. The Balaban J connectivity index is 2.49. The highest BCUT2D eigenvalue weighted by atomic mass is 35.5. The van der Waals surface area contributed by atoms with Gasteiger partial charge in [0.25, 0.3) is 0 Å². The van der Waals surface area contributed by atoms with Crippen LogP contribution in [-0.4, -0.2) is 5.38 Å². The second-order valence-corrected chi connectivity index (χ2v) is 2.04. The molecule has 0 bridgehead atoms. The molecule has 0 heterocycles. The van der Waals surface area contributed by atoms with Crippen LogP contribution in [0.1, 0.15) is 6.42 Å². The molecule has 1 heteroatoms. The highest BCUT2D eigenvalue weighted by molar-refractivity contribution is 6.21. The Bertz CT molecular complexity index is 103. The minimum atomic E-state index is 0.185. The van der Waals surface area contributed by atoms with Gasteiger partial charge in [-0.2, -0.15) is 0 Å². The van der Waals surface area contributed by atoms with Gasteiger partial charge in [-0.1, -0.05) is 18.2 Å². The summed E-state index contributed by atoms with van der Waals surface area (Å²) in [6.45, 7) is 0. The molecule has 1 radical (unpaired) electrons. The minimum Gasteiger partial charge on any atom is -0.118 e. The van der Waals surface area contributed by atoms with Gasteiger partial charge in [-0.25, -0.2) is 0 Å². The SMILES string of the molecule is ClC1C=CC=[C]C1. The number of alkyl halides is 1. The summed E-state index contributed by atoms with van der Waals surface area (Å²) in [5, 5.41) is 0.185. The lowest BCUT2D eigenvalue weighted by atomic mass is 10.2. The van der Waals surface area contributed by atoms with Gasteiger partial charge in [0.2, 0.25) is 0 Å². The van der Waals surface area contributed by atoms with Crippen LogP contribution in [0.25, 0.3) is 0 Å².